The van der Waals surface area contributed by atoms with E-state index >= 15 is 0 Å². The van der Waals surface area contributed by atoms with Gasteiger partial charge in [-0.3, -0.25) is 0 Å². The summed E-state index contributed by atoms with van der Waals surface area (Å²) >= 11 is 0. The maximum atomic E-state index is 13.4. The normalized spacial score (nSPS) is 14.4. The van der Waals surface area contributed by atoms with Gasteiger partial charge in [0.05, 0.1) is 17.5 Å². The summed E-state index contributed by atoms with van der Waals surface area (Å²) in [6, 6.07) is 19.2. The number of aliphatic hydroxyl groups is 2. The number of fused-ring (bicyclic) bond motifs is 1. The van der Waals surface area contributed by atoms with Gasteiger partial charge in [-0.2, -0.15) is 4.31 Å². The van der Waals surface area contributed by atoms with Crippen molar-refractivity contribution in [2.24, 2.45) is 5.92 Å². The van der Waals surface area contributed by atoms with Gasteiger partial charge in [0.1, 0.15) is 6.10 Å². The average Bonchev–Trinajstić information content (AvgIpc) is 2.73. The highest BCUT2D eigenvalue weighted by atomic mass is 32.2. The second kappa shape index (κ2) is 8.63. The molecule has 0 bridgehead atoms. The molecule has 0 radical (unpaired) electrons. The number of likely N-dealkylation sites (N-methyl/N-ethyl adjacent to an activating group) is 1. The van der Waals surface area contributed by atoms with Gasteiger partial charge in [0.2, 0.25) is 10.0 Å². The first-order chi connectivity index (χ1) is 13.8. The van der Waals surface area contributed by atoms with Crippen LogP contribution in [0, 0.1) is 5.92 Å². The maximum absolute atomic E-state index is 13.4. The van der Waals surface area contributed by atoms with E-state index in [0.29, 0.717) is 11.1 Å². The van der Waals surface area contributed by atoms with Crippen molar-refractivity contribution in [2.75, 3.05) is 13.7 Å². The number of hydrogen-bond acceptors (Lipinski definition) is 4. The number of sulfonamides is 1. The van der Waals surface area contributed by atoms with Gasteiger partial charge in [0.25, 0.3) is 0 Å². The largest absolute Gasteiger partial charge is 0.395 e. The van der Waals surface area contributed by atoms with E-state index < -0.39 is 22.2 Å². The molecule has 0 aliphatic carbocycles. The fraction of sp³-hybridized carbons (Fsp3) is 0.304. The Labute approximate surface area is 172 Å². The van der Waals surface area contributed by atoms with E-state index in [1.807, 2.05) is 56.3 Å². The monoisotopic (exact) mass is 413 g/mol. The van der Waals surface area contributed by atoms with Crippen LogP contribution >= 0.6 is 0 Å². The number of nitrogens with zero attached hydrogens (tertiary/aromatic N) is 1. The van der Waals surface area contributed by atoms with Gasteiger partial charge >= 0.3 is 0 Å². The zero-order valence-electron chi connectivity index (χ0n) is 16.9. The predicted octanol–water partition coefficient (Wildman–Crippen LogP) is 3.56. The zero-order chi connectivity index (χ0) is 21.2. The van der Waals surface area contributed by atoms with Crippen molar-refractivity contribution in [1.29, 1.82) is 0 Å². The second-order valence-electron chi connectivity index (χ2n) is 7.52. The third-order valence-corrected chi connectivity index (χ3v) is 7.37. The molecular weight excluding hydrogens is 386 g/mol. The minimum atomic E-state index is -3.92. The molecule has 0 fully saturated rings. The van der Waals surface area contributed by atoms with E-state index in [2.05, 4.69) is 0 Å². The lowest BCUT2D eigenvalue weighted by molar-refractivity contribution is 0.167. The van der Waals surface area contributed by atoms with Crippen molar-refractivity contribution < 1.29 is 18.6 Å². The lowest BCUT2D eigenvalue weighted by Crippen LogP contribution is -2.43. The van der Waals surface area contributed by atoms with E-state index in [1.165, 1.54) is 17.4 Å². The molecule has 6 heteroatoms. The Morgan fingerprint density at radius 1 is 0.897 bits per heavy atom. The van der Waals surface area contributed by atoms with Crippen LogP contribution in [0.3, 0.4) is 0 Å². The Bertz CT molecular complexity index is 1090. The first kappa shape index (κ1) is 21.5. The van der Waals surface area contributed by atoms with Crippen molar-refractivity contribution in [1.82, 2.24) is 4.31 Å². The molecule has 0 spiro atoms. The van der Waals surface area contributed by atoms with Crippen molar-refractivity contribution in [3.8, 4) is 0 Å². The summed E-state index contributed by atoms with van der Waals surface area (Å²) in [5.74, 6) is -0.0603. The lowest BCUT2D eigenvalue weighted by Gasteiger charge is -2.30. The van der Waals surface area contributed by atoms with E-state index in [9.17, 15) is 18.6 Å². The van der Waals surface area contributed by atoms with Gasteiger partial charge in [0.15, 0.2) is 0 Å². The Balaban J connectivity index is 2.11. The Kier molecular flexibility index (Phi) is 6.39. The van der Waals surface area contributed by atoms with Crippen LogP contribution in [0.15, 0.2) is 71.6 Å². The van der Waals surface area contributed by atoms with Crippen LogP contribution in [0.25, 0.3) is 10.8 Å². The summed E-state index contributed by atoms with van der Waals surface area (Å²) in [5, 5.41) is 22.7. The van der Waals surface area contributed by atoms with Crippen LogP contribution in [0.5, 0.6) is 0 Å². The Morgan fingerprint density at radius 3 is 2.17 bits per heavy atom. The predicted molar refractivity (Wildman–Crippen MR) is 115 cm³/mol. The molecule has 154 valence electrons. The lowest BCUT2D eigenvalue weighted by atomic mass is 9.96. The molecule has 0 saturated heterocycles. The Hall–Kier alpha value is -2.25. The van der Waals surface area contributed by atoms with Crippen molar-refractivity contribution in [3.05, 3.63) is 77.9 Å². The summed E-state index contributed by atoms with van der Waals surface area (Å²) in [6.07, 6.45) is -1.10. The minimum absolute atomic E-state index is 0.0436. The smallest absolute Gasteiger partial charge is 0.243 e. The summed E-state index contributed by atoms with van der Waals surface area (Å²) in [6.45, 7) is 3.45. The van der Waals surface area contributed by atoms with Crippen LogP contribution in [-0.2, 0) is 10.0 Å². The second-order valence-corrected chi connectivity index (χ2v) is 9.49. The standard InChI is InChI=1S/C23H27NO4S/c1-16(2)21(15-25)24(3)29(27,28)22-14-7-6-12-20(22)23(26)19-13-8-10-17-9-4-5-11-18(17)19/h4-14,16,21,23,25-26H,15H2,1-3H3/t21-,23-/m1/s1. The number of aliphatic hydroxyl groups excluding tert-OH is 2. The maximum Gasteiger partial charge on any atom is 0.243 e. The molecule has 2 atom stereocenters. The van der Waals surface area contributed by atoms with Crippen molar-refractivity contribution >= 4 is 20.8 Å². The highest BCUT2D eigenvalue weighted by molar-refractivity contribution is 7.89. The van der Waals surface area contributed by atoms with Crippen LogP contribution in [0.1, 0.15) is 31.1 Å². The molecule has 0 aromatic heterocycles. The molecule has 5 nitrogen and oxygen atoms in total. The van der Waals surface area contributed by atoms with Crippen molar-refractivity contribution in [3.63, 3.8) is 0 Å². The molecule has 0 saturated carbocycles. The molecule has 0 amide bonds. The number of hydrogen-bond donors (Lipinski definition) is 2. The van der Waals surface area contributed by atoms with Gasteiger partial charge in [-0.1, -0.05) is 74.5 Å². The molecule has 0 unspecified atom stereocenters. The third-order valence-electron chi connectivity index (χ3n) is 5.41. The first-order valence-electron chi connectivity index (χ1n) is 9.62. The van der Waals surface area contributed by atoms with Gasteiger partial charge in [0, 0.05) is 12.6 Å². The van der Waals surface area contributed by atoms with Gasteiger partial charge in [-0.05, 0) is 28.3 Å². The first-order valence-corrected chi connectivity index (χ1v) is 11.1. The molecule has 3 rings (SSSR count). The molecule has 0 aliphatic rings. The average molecular weight is 414 g/mol. The van der Waals surface area contributed by atoms with Crippen LogP contribution in [0.2, 0.25) is 0 Å². The van der Waals surface area contributed by atoms with Gasteiger partial charge in [-0.15, -0.1) is 0 Å². The van der Waals surface area contributed by atoms with Crippen LogP contribution < -0.4 is 0 Å². The topological polar surface area (TPSA) is 77.8 Å². The quantitative estimate of drug-likeness (QED) is 0.621. The summed E-state index contributed by atoms with van der Waals surface area (Å²) in [4.78, 5) is 0.0436. The van der Waals surface area contributed by atoms with Crippen molar-refractivity contribution in [2.45, 2.75) is 30.9 Å². The molecule has 0 heterocycles. The van der Waals surface area contributed by atoms with Crippen LogP contribution in [-0.4, -0.2) is 42.6 Å². The van der Waals surface area contributed by atoms with E-state index in [-0.39, 0.29) is 17.4 Å². The molecule has 2 N–H and O–H groups in total. The molecule has 0 aliphatic heterocycles. The fourth-order valence-electron chi connectivity index (χ4n) is 3.68. The molecule has 3 aromatic carbocycles. The SMILES string of the molecule is CC(C)[C@@H](CO)N(C)S(=O)(=O)c1ccccc1[C@H](O)c1cccc2ccccc12. The third kappa shape index (κ3) is 4.07. The zero-order valence-corrected chi connectivity index (χ0v) is 17.7. The summed E-state index contributed by atoms with van der Waals surface area (Å²) in [7, 11) is -2.45. The highest BCUT2D eigenvalue weighted by Gasteiger charge is 2.32. The van der Waals surface area contributed by atoms with E-state index in [4.69, 9.17) is 0 Å². The van der Waals surface area contributed by atoms with Gasteiger partial charge in [-0.25, -0.2) is 8.42 Å². The van der Waals surface area contributed by atoms with Crippen LogP contribution in [0.4, 0.5) is 0 Å². The van der Waals surface area contributed by atoms with E-state index in [1.54, 1.807) is 18.2 Å². The molecule has 29 heavy (non-hydrogen) atoms. The highest BCUT2D eigenvalue weighted by Crippen LogP contribution is 2.33. The summed E-state index contributed by atoms with van der Waals surface area (Å²) < 4.78 is 27.9. The summed E-state index contributed by atoms with van der Waals surface area (Å²) in [5.41, 5.74) is 0.965. The number of rotatable bonds is 7. The minimum Gasteiger partial charge on any atom is -0.395 e. The van der Waals surface area contributed by atoms with E-state index in [0.717, 1.165) is 10.8 Å². The molecular formula is C23H27NO4S. The molecule has 3 aromatic rings. The fourth-order valence-corrected chi connectivity index (χ4v) is 5.38. The number of benzene rings is 3. The van der Waals surface area contributed by atoms with Gasteiger partial charge < -0.3 is 10.2 Å². The Morgan fingerprint density at radius 2 is 1.48 bits per heavy atom.